The maximum atomic E-state index is 12.2. The lowest BCUT2D eigenvalue weighted by atomic mass is 10.2. The Morgan fingerprint density at radius 3 is 2.15 bits per heavy atom. The molecule has 112 valence electrons. The van der Waals surface area contributed by atoms with Gasteiger partial charge in [-0.25, -0.2) is 13.1 Å². The summed E-state index contributed by atoms with van der Waals surface area (Å²) in [5.41, 5.74) is -0.289. The fraction of sp³-hybridized carbons (Fsp3) is 0.600. The molecule has 1 N–H and O–H groups in total. The van der Waals surface area contributed by atoms with Gasteiger partial charge in [0, 0.05) is 6.04 Å². The second-order valence-electron chi connectivity index (χ2n) is 6.29. The average Bonchev–Trinajstić information content (AvgIpc) is 2.79. The first-order valence-corrected chi connectivity index (χ1v) is 8.56. The zero-order chi connectivity index (χ0) is 14.8. The van der Waals surface area contributed by atoms with E-state index in [4.69, 9.17) is 4.74 Å². The van der Waals surface area contributed by atoms with E-state index in [9.17, 15) is 8.42 Å². The number of nitrogens with one attached hydrogen (secondary N) is 1. The molecule has 0 bridgehead atoms. The summed E-state index contributed by atoms with van der Waals surface area (Å²) in [7, 11) is -3.41. The molecule has 1 aromatic rings. The molecule has 1 aliphatic rings. The van der Waals surface area contributed by atoms with Gasteiger partial charge in [0.05, 0.1) is 4.90 Å². The Morgan fingerprint density at radius 1 is 1.10 bits per heavy atom. The molecule has 0 aromatic heterocycles. The minimum atomic E-state index is -3.41. The number of ether oxygens (including phenoxy) is 1. The highest BCUT2D eigenvalue weighted by Crippen LogP contribution is 2.23. The van der Waals surface area contributed by atoms with Crippen LogP contribution in [0.1, 0.15) is 46.5 Å². The van der Waals surface area contributed by atoms with Crippen LogP contribution < -0.4 is 9.46 Å². The molecule has 0 aliphatic heterocycles. The van der Waals surface area contributed by atoms with Crippen molar-refractivity contribution in [3.05, 3.63) is 24.3 Å². The summed E-state index contributed by atoms with van der Waals surface area (Å²) in [6.45, 7) is 5.87. The summed E-state index contributed by atoms with van der Waals surface area (Å²) in [6.07, 6.45) is 4.08. The van der Waals surface area contributed by atoms with Crippen molar-refractivity contribution in [3.8, 4) is 5.75 Å². The average molecular weight is 297 g/mol. The van der Waals surface area contributed by atoms with Crippen LogP contribution in [0, 0.1) is 0 Å². The Morgan fingerprint density at radius 2 is 1.65 bits per heavy atom. The summed E-state index contributed by atoms with van der Waals surface area (Å²) < 4.78 is 32.9. The highest BCUT2D eigenvalue weighted by Gasteiger charge is 2.23. The van der Waals surface area contributed by atoms with E-state index in [-0.39, 0.29) is 11.6 Å². The highest BCUT2D eigenvalue weighted by molar-refractivity contribution is 7.89. The monoisotopic (exact) mass is 297 g/mol. The molecule has 1 aromatic carbocycles. The summed E-state index contributed by atoms with van der Waals surface area (Å²) in [5, 5.41) is 0. The minimum Gasteiger partial charge on any atom is -0.488 e. The van der Waals surface area contributed by atoms with Gasteiger partial charge in [0.1, 0.15) is 11.4 Å². The first-order valence-electron chi connectivity index (χ1n) is 7.08. The Bertz CT molecular complexity index is 537. The maximum Gasteiger partial charge on any atom is 0.240 e. The van der Waals surface area contributed by atoms with Crippen LogP contribution in [-0.4, -0.2) is 20.1 Å². The van der Waals surface area contributed by atoms with Crippen molar-refractivity contribution in [1.82, 2.24) is 4.72 Å². The fourth-order valence-electron chi connectivity index (χ4n) is 2.37. The van der Waals surface area contributed by atoms with Gasteiger partial charge in [0.15, 0.2) is 0 Å². The molecule has 0 amide bonds. The third-order valence-corrected chi connectivity index (χ3v) is 4.77. The van der Waals surface area contributed by atoms with Crippen LogP contribution in [0.25, 0.3) is 0 Å². The van der Waals surface area contributed by atoms with Crippen LogP contribution in [0.4, 0.5) is 0 Å². The lowest BCUT2D eigenvalue weighted by Crippen LogP contribution is -2.32. The van der Waals surface area contributed by atoms with Crippen molar-refractivity contribution in [3.63, 3.8) is 0 Å². The third-order valence-electron chi connectivity index (χ3n) is 3.24. The van der Waals surface area contributed by atoms with Crippen LogP contribution in [0.5, 0.6) is 5.75 Å². The molecule has 0 unspecified atom stereocenters. The highest BCUT2D eigenvalue weighted by atomic mass is 32.2. The van der Waals surface area contributed by atoms with E-state index in [0.29, 0.717) is 10.6 Å². The van der Waals surface area contributed by atoms with Gasteiger partial charge < -0.3 is 4.74 Å². The van der Waals surface area contributed by atoms with Gasteiger partial charge >= 0.3 is 0 Å². The second-order valence-corrected chi connectivity index (χ2v) is 8.00. The molecule has 2 rings (SSSR count). The lowest BCUT2D eigenvalue weighted by molar-refractivity contribution is 0.131. The summed E-state index contributed by atoms with van der Waals surface area (Å²) in [6, 6.07) is 6.69. The molecule has 0 saturated heterocycles. The number of hydrogen-bond acceptors (Lipinski definition) is 3. The van der Waals surface area contributed by atoms with Gasteiger partial charge in [0.2, 0.25) is 10.0 Å². The SMILES string of the molecule is CC(C)(C)Oc1ccc(S(=O)(=O)NC2CCCC2)cc1. The van der Waals surface area contributed by atoms with Gasteiger partial charge in [0.25, 0.3) is 0 Å². The molecule has 0 radical (unpaired) electrons. The van der Waals surface area contributed by atoms with E-state index in [1.807, 2.05) is 20.8 Å². The lowest BCUT2D eigenvalue weighted by Gasteiger charge is -2.21. The Labute approximate surface area is 121 Å². The van der Waals surface area contributed by atoms with Gasteiger partial charge in [-0.2, -0.15) is 0 Å². The third kappa shape index (κ3) is 4.21. The van der Waals surface area contributed by atoms with Crippen LogP contribution in [-0.2, 0) is 10.0 Å². The van der Waals surface area contributed by atoms with E-state index in [2.05, 4.69) is 4.72 Å². The van der Waals surface area contributed by atoms with Gasteiger partial charge in [-0.1, -0.05) is 12.8 Å². The minimum absolute atomic E-state index is 0.0884. The fourth-order valence-corrected chi connectivity index (χ4v) is 3.68. The van der Waals surface area contributed by atoms with Gasteiger partial charge in [-0.05, 0) is 57.9 Å². The normalized spacial score (nSPS) is 17.4. The van der Waals surface area contributed by atoms with E-state index >= 15 is 0 Å². The van der Waals surface area contributed by atoms with Gasteiger partial charge in [-0.15, -0.1) is 0 Å². The first-order chi connectivity index (χ1) is 9.26. The second kappa shape index (κ2) is 5.74. The molecule has 1 fully saturated rings. The Balaban J connectivity index is 2.08. The molecule has 0 spiro atoms. The largest absolute Gasteiger partial charge is 0.488 e. The molecule has 0 atom stereocenters. The van der Waals surface area contributed by atoms with E-state index in [1.165, 1.54) is 0 Å². The van der Waals surface area contributed by atoms with Crippen LogP contribution in [0.15, 0.2) is 29.2 Å². The zero-order valence-electron chi connectivity index (χ0n) is 12.3. The van der Waals surface area contributed by atoms with Crippen LogP contribution in [0.2, 0.25) is 0 Å². The molecule has 1 aliphatic carbocycles. The summed E-state index contributed by atoms with van der Waals surface area (Å²) in [5.74, 6) is 0.678. The molecule has 1 saturated carbocycles. The van der Waals surface area contributed by atoms with Crippen LogP contribution >= 0.6 is 0 Å². The van der Waals surface area contributed by atoms with Gasteiger partial charge in [-0.3, -0.25) is 0 Å². The molecule has 20 heavy (non-hydrogen) atoms. The topological polar surface area (TPSA) is 55.4 Å². The van der Waals surface area contributed by atoms with E-state index < -0.39 is 10.0 Å². The number of rotatable bonds is 4. The van der Waals surface area contributed by atoms with Crippen LogP contribution in [0.3, 0.4) is 0 Å². The molecule has 0 heterocycles. The van der Waals surface area contributed by atoms with Crippen molar-refractivity contribution in [2.24, 2.45) is 0 Å². The van der Waals surface area contributed by atoms with Crippen molar-refractivity contribution in [2.45, 2.75) is 63.0 Å². The number of sulfonamides is 1. The molecular weight excluding hydrogens is 274 g/mol. The predicted octanol–water partition coefficient (Wildman–Crippen LogP) is 3.08. The molecule has 4 nitrogen and oxygen atoms in total. The maximum absolute atomic E-state index is 12.2. The van der Waals surface area contributed by atoms with Crippen molar-refractivity contribution < 1.29 is 13.2 Å². The van der Waals surface area contributed by atoms with E-state index in [1.54, 1.807) is 24.3 Å². The quantitative estimate of drug-likeness (QED) is 0.929. The molecule has 5 heteroatoms. The number of benzene rings is 1. The zero-order valence-corrected chi connectivity index (χ0v) is 13.2. The van der Waals surface area contributed by atoms with Crippen molar-refractivity contribution >= 4 is 10.0 Å². The summed E-state index contributed by atoms with van der Waals surface area (Å²) >= 11 is 0. The van der Waals surface area contributed by atoms with Crippen molar-refractivity contribution in [1.29, 1.82) is 0 Å². The first kappa shape index (κ1) is 15.3. The van der Waals surface area contributed by atoms with E-state index in [0.717, 1.165) is 25.7 Å². The predicted molar refractivity (Wildman–Crippen MR) is 79.4 cm³/mol. The summed E-state index contributed by atoms with van der Waals surface area (Å²) in [4.78, 5) is 0.297. The Kier molecular flexibility index (Phi) is 4.39. The van der Waals surface area contributed by atoms with Crippen molar-refractivity contribution in [2.75, 3.05) is 0 Å². The molecular formula is C15H23NO3S. The standard InChI is InChI=1S/C15H23NO3S/c1-15(2,3)19-13-8-10-14(11-9-13)20(17,18)16-12-6-4-5-7-12/h8-12,16H,4-7H2,1-3H3. The number of hydrogen-bond donors (Lipinski definition) is 1. The Hall–Kier alpha value is -1.07. The smallest absolute Gasteiger partial charge is 0.240 e.